The number of rotatable bonds is 11. The normalized spacial score (nSPS) is 11.7. The molecular weight excluding hydrogens is 462 g/mol. The number of methoxy groups -OCH3 is 1. The molecule has 0 aliphatic heterocycles. The number of aromatic nitrogens is 2. The highest BCUT2D eigenvalue weighted by Crippen LogP contribution is 2.16. The first-order valence-electron chi connectivity index (χ1n) is 10.5. The van der Waals surface area contributed by atoms with Gasteiger partial charge in [0.2, 0.25) is 10.0 Å². The van der Waals surface area contributed by atoms with E-state index in [1.807, 2.05) is 30.5 Å². The molecule has 2 aromatic heterocycles. The van der Waals surface area contributed by atoms with Gasteiger partial charge < -0.3 is 9.30 Å². The number of pyridine rings is 1. The summed E-state index contributed by atoms with van der Waals surface area (Å²) >= 11 is 5.85. The van der Waals surface area contributed by atoms with Crippen LogP contribution in [0.5, 0.6) is 0 Å². The Labute approximate surface area is 199 Å². The monoisotopic (exact) mass is 487 g/mol. The highest BCUT2D eigenvalue weighted by Gasteiger charge is 2.14. The van der Waals surface area contributed by atoms with E-state index < -0.39 is 16.0 Å². The Kier molecular flexibility index (Phi) is 8.82. The summed E-state index contributed by atoms with van der Waals surface area (Å²) in [6.07, 6.45) is 8.88. The molecule has 9 heteroatoms. The molecule has 0 atom stereocenters. The Morgan fingerprint density at radius 1 is 1.15 bits per heavy atom. The highest BCUT2D eigenvalue weighted by atomic mass is 35.5. The summed E-state index contributed by atoms with van der Waals surface area (Å²) in [7, 11) is -2.30. The zero-order chi connectivity index (χ0) is 23.7. The third-order valence-electron chi connectivity index (χ3n) is 5.06. The molecule has 0 aliphatic rings. The lowest BCUT2D eigenvalue weighted by atomic mass is 10.1. The molecule has 3 aromatic rings. The van der Waals surface area contributed by atoms with E-state index in [4.69, 9.17) is 11.6 Å². The predicted molar refractivity (Wildman–Crippen MR) is 128 cm³/mol. The molecule has 0 saturated carbocycles. The van der Waals surface area contributed by atoms with Gasteiger partial charge in [-0.25, -0.2) is 17.9 Å². The van der Waals surface area contributed by atoms with Crippen molar-refractivity contribution in [1.82, 2.24) is 14.3 Å². The molecular formula is C24H26ClN3O4S. The number of ether oxygens (including phenoxy) is 1. The van der Waals surface area contributed by atoms with Gasteiger partial charge in [0.15, 0.2) is 0 Å². The third kappa shape index (κ3) is 7.28. The first-order valence-corrected chi connectivity index (χ1v) is 12.3. The van der Waals surface area contributed by atoms with Crippen LogP contribution in [0.3, 0.4) is 0 Å². The van der Waals surface area contributed by atoms with Crippen molar-refractivity contribution >= 4 is 33.7 Å². The van der Waals surface area contributed by atoms with E-state index in [-0.39, 0.29) is 11.4 Å². The van der Waals surface area contributed by atoms with Crippen LogP contribution in [0.1, 0.15) is 23.4 Å². The van der Waals surface area contributed by atoms with Gasteiger partial charge in [0, 0.05) is 54.4 Å². The largest absolute Gasteiger partial charge is 0.466 e. The Morgan fingerprint density at radius 3 is 2.64 bits per heavy atom. The SMILES string of the molecule is COC(=O)/C=C/c1ccc(CCNS(=O)(=O)c2ccc(Cl)cc2)n1CCCc1cccnc1. The second-order valence-electron chi connectivity index (χ2n) is 7.32. The molecule has 0 unspecified atom stereocenters. The molecule has 0 spiro atoms. The molecule has 0 bridgehead atoms. The molecule has 7 nitrogen and oxygen atoms in total. The molecule has 2 heterocycles. The van der Waals surface area contributed by atoms with Gasteiger partial charge in [-0.3, -0.25) is 4.98 Å². The zero-order valence-corrected chi connectivity index (χ0v) is 19.8. The summed E-state index contributed by atoms with van der Waals surface area (Å²) in [6.45, 7) is 0.944. The number of carbonyl (C=O) groups excluding carboxylic acids is 1. The van der Waals surface area contributed by atoms with Crippen molar-refractivity contribution in [2.24, 2.45) is 0 Å². The first-order chi connectivity index (χ1) is 15.9. The molecule has 0 fully saturated rings. The maximum atomic E-state index is 12.5. The van der Waals surface area contributed by atoms with Crippen LogP contribution in [0.2, 0.25) is 5.02 Å². The highest BCUT2D eigenvalue weighted by molar-refractivity contribution is 7.89. The van der Waals surface area contributed by atoms with E-state index in [0.717, 1.165) is 29.8 Å². The fourth-order valence-electron chi connectivity index (χ4n) is 3.38. The van der Waals surface area contributed by atoms with Crippen molar-refractivity contribution < 1.29 is 17.9 Å². The molecule has 0 amide bonds. The van der Waals surface area contributed by atoms with Gasteiger partial charge in [-0.15, -0.1) is 0 Å². The Bertz CT molecular complexity index is 1190. The number of benzene rings is 1. The second kappa shape index (κ2) is 11.8. The summed E-state index contributed by atoms with van der Waals surface area (Å²) < 4.78 is 34.5. The topological polar surface area (TPSA) is 90.3 Å². The Hall–Kier alpha value is -2.94. The lowest BCUT2D eigenvalue weighted by Gasteiger charge is -2.13. The fraction of sp³-hybridized carbons (Fsp3) is 0.250. The predicted octanol–water partition coefficient (Wildman–Crippen LogP) is 3.88. The van der Waals surface area contributed by atoms with Crippen molar-refractivity contribution in [1.29, 1.82) is 0 Å². The van der Waals surface area contributed by atoms with E-state index in [9.17, 15) is 13.2 Å². The first kappa shape index (κ1) is 24.7. The minimum absolute atomic E-state index is 0.167. The second-order valence-corrected chi connectivity index (χ2v) is 9.53. The number of esters is 1. The summed E-state index contributed by atoms with van der Waals surface area (Å²) in [6, 6.07) is 13.8. The van der Waals surface area contributed by atoms with Crippen LogP contribution < -0.4 is 4.72 Å². The van der Waals surface area contributed by atoms with Crippen LogP contribution in [-0.2, 0) is 38.9 Å². The molecule has 0 aliphatic carbocycles. The maximum Gasteiger partial charge on any atom is 0.330 e. The fourth-order valence-corrected chi connectivity index (χ4v) is 4.54. The molecule has 0 saturated heterocycles. The molecule has 0 radical (unpaired) electrons. The Balaban J connectivity index is 1.69. The number of nitrogens with zero attached hydrogens (tertiary/aromatic N) is 2. The number of hydrogen-bond donors (Lipinski definition) is 1. The number of aryl methyl sites for hydroxylation is 1. The average Bonchev–Trinajstić information content (AvgIpc) is 3.20. The van der Waals surface area contributed by atoms with Crippen LogP contribution in [0, 0.1) is 0 Å². The summed E-state index contributed by atoms with van der Waals surface area (Å²) in [5.41, 5.74) is 2.96. The van der Waals surface area contributed by atoms with E-state index in [1.54, 1.807) is 24.4 Å². The van der Waals surface area contributed by atoms with Crippen LogP contribution in [-0.4, -0.2) is 37.6 Å². The van der Waals surface area contributed by atoms with E-state index >= 15 is 0 Å². The van der Waals surface area contributed by atoms with Crippen molar-refractivity contribution in [2.45, 2.75) is 30.7 Å². The van der Waals surface area contributed by atoms with Crippen molar-refractivity contribution in [2.75, 3.05) is 13.7 Å². The Morgan fingerprint density at radius 2 is 1.94 bits per heavy atom. The van der Waals surface area contributed by atoms with Crippen molar-refractivity contribution in [3.8, 4) is 0 Å². The van der Waals surface area contributed by atoms with Crippen LogP contribution >= 0.6 is 11.6 Å². The molecule has 33 heavy (non-hydrogen) atoms. The van der Waals surface area contributed by atoms with Gasteiger partial charge in [-0.1, -0.05) is 17.7 Å². The number of carbonyl (C=O) groups is 1. The lowest BCUT2D eigenvalue weighted by molar-refractivity contribution is -0.134. The van der Waals surface area contributed by atoms with Gasteiger partial charge in [0.25, 0.3) is 0 Å². The minimum atomic E-state index is -3.63. The molecule has 3 rings (SSSR count). The van der Waals surface area contributed by atoms with E-state index in [1.165, 1.54) is 25.3 Å². The van der Waals surface area contributed by atoms with Crippen LogP contribution in [0.15, 0.2) is 71.9 Å². The van der Waals surface area contributed by atoms with E-state index in [0.29, 0.717) is 18.0 Å². The molecule has 174 valence electrons. The maximum absolute atomic E-state index is 12.5. The number of halogens is 1. The smallest absolute Gasteiger partial charge is 0.330 e. The quantitative estimate of drug-likeness (QED) is 0.327. The van der Waals surface area contributed by atoms with Gasteiger partial charge in [0.05, 0.1) is 12.0 Å². The van der Waals surface area contributed by atoms with Crippen molar-refractivity contribution in [3.05, 3.63) is 89.0 Å². The van der Waals surface area contributed by atoms with Crippen molar-refractivity contribution in [3.63, 3.8) is 0 Å². The summed E-state index contributed by atoms with van der Waals surface area (Å²) in [5.74, 6) is -0.435. The number of nitrogens with one attached hydrogen (secondary N) is 1. The van der Waals surface area contributed by atoms with Gasteiger partial charge in [-0.05, 0) is 66.9 Å². The van der Waals surface area contributed by atoms with Gasteiger partial charge in [-0.2, -0.15) is 0 Å². The summed E-state index contributed by atoms with van der Waals surface area (Å²) in [4.78, 5) is 15.8. The minimum Gasteiger partial charge on any atom is -0.466 e. The van der Waals surface area contributed by atoms with E-state index in [2.05, 4.69) is 19.0 Å². The van der Waals surface area contributed by atoms with Crippen LogP contribution in [0.25, 0.3) is 6.08 Å². The van der Waals surface area contributed by atoms with Gasteiger partial charge in [0.1, 0.15) is 0 Å². The summed E-state index contributed by atoms with van der Waals surface area (Å²) in [5, 5.41) is 0.477. The molecule has 1 aromatic carbocycles. The standard InChI is InChI=1S/C24H26ClN3O4S/c1-32-24(29)13-10-21-8-9-22(28(21)17-3-5-19-4-2-15-26-18-19)14-16-27-33(30,31)23-11-6-20(25)7-12-23/h2,4,6-13,15,18,27H,3,5,14,16-17H2,1H3/b13-10+. The molecule has 1 N–H and O–H groups in total. The number of sulfonamides is 1. The lowest BCUT2D eigenvalue weighted by Crippen LogP contribution is -2.26. The average molecular weight is 488 g/mol. The van der Waals surface area contributed by atoms with Gasteiger partial charge >= 0.3 is 5.97 Å². The number of hydrogen-bond acceptors (Lipinski definition) is 5. The van der Waals surface area contributed by atoms with Crippen LogP contribution in [0.4, 0.5) is 0 Å². The third-order valence-corrected chi connectivity index (χ3v) is 6.79. The zero-order valence-electron chi connectivity index (χ0n) is 18.3.